The summed E-state index contributed by atoms with van der Waals surface area (Å²) in [5.41, 5.74) is 3.08. The molecule has 1 aliphatic heterocycles. The van der Waals surface area contributed by atoms with Gasteiger partial charge >= 0.3 is 0 Å². The van der Waals surface area contributed by atoms with E-state index in [1.165, 1.54) is 0 Å². The van der Waals surface area contributed by atoms with Crippen LogP contribution in [-0.2, 0) is 4.74 Å². The Kier molecular flexibility index (Phi) is 3.62. The molecule has 3 aromatic rings. The molecular formula is C16H15N3O2S. The Hall–Kier alpha value is -2.18. The molecule has 1 aromatic carbocycles. The number of hydrogen-bond donors (Lipinski definition) is 0. The van der Waals surface area contributed by atoms with E-state index in [2.05, 4.69) is 21.1 Å². The third kappa shape index (κ3) is 2.51. The molecule has 0 unspecified atom stereocenters. The molecule has 2 aromatic heterocycles. The van der Waals surface area contributed by atoms with Crippen molar-refractivity contribution in [1.29, 1.82) is 0 Å². The van der Waals surface area contributed by atoms with Gasteiger partial charge in [0.25, 0.3) is 5.89 Å². The van der Waals surface area contributed by atoms with Crippen LogP contribution in [0.1, 0.15) is 0 Å². The highest BCUT2D eigenvalue weighted by Gasteiger charge is 2.19. The van der Waals surface area contributed by atoms with Gasteiger partial charge in [0, 0.05) is 29.7 Å². The van der Waals surface area contributed by atoms with Crippen LogP contribution in [0.25, 0.3) is 22.8 Å². The molecule has 0 aliphatic carbocycles. The van der Waals surface area contributed by atoms with Gasteiger partial charge in [0.05, 0.1) is 18.8 Å². The third-order valence-corrected chi connectivity index (χ3v) is 4.37. The SMILES string of the molecule is c1ccc(N2CCOCC2)c(-c2nc(-c3ccsc3)no2)c1. The summed E-state index contributed by atoms with van der Waals surface area (Å²) >= 11 is 1.62. The highest BCUT2D eigenvalue weighted by molar-refractivity contribution is 7.08. The summed E-state index contributed by atoms with van der Waals surface area (Å²) in [6, 6.07) is 10.1. The smallest absolute Gasteiger partial charge is 0.260 e. The molecule has 6 heteroatoms. The fourth-order valence-corrected chi connectivity index (χ4v) is 3.21. The standard InChI is InChI=1S/C16H15N3O2S/c1-2-4-14(19-6-8-20-9-7-19)13(3-1)16-17-15(18-21-16)12-5-10-22-11-12/h1-5,10-11H,6-9H2. The van der Waals surface area contributed by atoms with Gasteiger partial charge in [-0.15, -0.1) is 0 Å². The van der Waals surface area contributed by atoms with E-state index in [1.807, 2.05) is 35.0 Å². The second-order valence-corrected chi connectivity index (χ2v) is 5.83. The van der Waals surface area contributed by atoms with Crippen LogP contribution >= 0.6 is 11.3 Å². The summed E-state index contributed by atoms with van der Waals surface area (Å²) in [4.78, 5) is 6.85. The van der Waals surface area contributed by atoms with Crippen LogP contribution in [0.2, 0.25) is 0 Å². The molecule has 112 valence electrons. The molecule has 1 aliphatic rings. The molecule has 1 saturated heterocycles. The van der Waals surface area contributed by atoms with Gasteiger partial charge in [0.1, 0.15) is 0 Å². The first kappa shape index (κ1) is 13.5. The number of anilines is 1. The summed E-state index contributed by atoms with van der Waals surface area (Å²) in [5.74, 6) is 1.19. The fraction of sp³-hybridized carbons (Fsp3) is 0.250. The number of morpholine rings is 1. The van der Waals surface area contributed by atoms with Crippen LogP contribution in [0.15, 0.2) is 45.6 Å². The number of nitrogens with zero attached hydrogens (tertiary/aromatic N) is 3. The number of aromatic nitrogens is 2. The van der Waals surface area contributed by atoms with Crippen LogP contribution in [0.4, 0.5) is 5.69 Å². The highest BCUT2D eigenvalue weighted by atomic mass is 32.1. The van der Waals surface area contributed by atoms with Gasteiger partial charge in [-0.1, -0.05) is 17.3 Å². The van der Waals surface area contributed by atoms with E-state index in [9.17, 15) is 0 Å². The van der Waals surface area contributed by atoms with E-state index in [0.29, 0.717) is 11.7 Å². The lowest BCUT2D eigenvalue weighted by Crippen LogP contribution is -2.36. The van der Waals surface area contributed by atoms with Gasteiger partial charge in [-0.25, -0.2) is 0 Å². The molecule has 0 N–H and O–H groups in total. The van der Waals surface area contributed by atoms with Crippen molar-refractivity contribution in [2.45, 2.75) is 0 Å². The maximum Gasteiger partial charge on any atom is 0.260 e. The first-order chi connectivity index (χ1) is 10.9. The van der Waals surface area contributed by atoms with E-state index in [1.54, 1.807) is 11.3 Å². The lowest BCUT2D eigenvalue weighted by Gasteiger charge is -2.29. The fourth-order valence-electron chi connectivity index (χ4n) is 2.58. The van der Waals surface area contributed by atoms with Crippen molar-refractivity contribution in [1.82, 2.24) is 10.1 Å². The summed E-state index contributed by atoms with van der Waals surface area (Å²) in [6.45, 7) is 3.25. The van der Waals surface area contributed by atoms with Crippen molar-refractivity contribution in [3.05, 3.63) is 41.1 Å². The van der Waals surface area contributed by atoms with E-state index >= 15 is 0 Å². The summed E-state index contributed by atoms with van der Waals surface area (Å²) in [6.07, 6.45) is 0. The average Bonchev–Trinajstić information content (AvgIpc) is 3.27. The molecule has 0 spiro atoms. The molecule has 0 atom stereocenters. The second-order valence-electron chi connectivity index (χ2n) is 5.05. The third-order valence-electron chi connectivity index (χ3n) is 3.69. The number of ether oxygens (including phenoxy) is 1. The normalized spacial score (nSPS) is 15.2. The van der Waals surface area contributed by atoms with Crippen molar-refractivity contribution in [3.63, 3.8) is 0 Å². The van der Waals surface area contributed by atoms with Crippen molar-refractivity contribution < 1.29 is 9.26 Å². The largest absolute Gasteiger partial charge is 0.378 e. The minimum atomic E-state index is 0.559. The molecule has 22 heavy (non-hydrogen) atoms. The lowest BCUT2D eigenvalue weighted by molar-refractivity contribution is 0.122. The number of hydrogen-bond acceptors (Lipinski definition) is 6. The van der Waals surface area contributed by atoms with Crippen molar-refractivity contribution in [2.24, 2.45) is 0 Å². The van der Waals surface area contributed by atoms with Crippen LogP contribution < -0.4 is 4.90 Å². The molecule has 0 radical (unpaired) electrons. The van der Waals surface area contributed by atoms with Gasteiger partial charge in [0.2, 0.25) is 5.82 Å². The maximum atomic E-state index is 5.49. The molecule has 0 bridgehead atoms. The first-order valence-corrected chi connectivity index (χ1v) is 8.14. The van der Waals surface area contributed by atoms with Crippen LogP contribution in [0, 0.1) is 0 Å². The second kappa shape index (κ2) is 5.90. The lowest BCUT2D eigenvalue weighted by atomic mass is 10.1. The molecule has 1 fully saturated rings. The Morgan fingerprint density at radius 2 is 1.95 bits per heavy atom. The van der Waals surface area contributed by atoms with Crippen molar-refractivity contribution in [2.75, 3.05) is 31.2 Å². The molecule has 0 amide bonds. The monoisotopic (exact) mass is 313 g/mol. The first-order valence-electron chi connectivity index (χ1n) is 7.20. The number of rotatable bonds is 3. The molecule has 0 saturated carbocycles. The molecule has 5 nitrogen and oxygen atoms in total. The Morgan fingerprint density at radius 3 is 2.77 bits per heavy atom. The van der Waals surface area contributed by atoms with Gasteiger partial charge < -0.3 is 14.2 Å². The zero-order chi connectivity index (χ0) is 14.8. The van der Waals surface area contributed by atoms with Crippen molar-refractivity contribution >= 4 is 17.0 Å². The molecule has 3 heterocycles. The van der Waals surface area contributed by atoms with Crippen LogP contribution in [0.5, 0.6) is 0 Å². The molecular weight excluding hydrogens is 298 g/mol. The maximum absolute atomic E-state index is 5.49. The Bertz CT molecular complexity index is 748. The number of benzene rings is 1. The zero-order valence-corrected chi connectivity index (χ0v) is 12.8. The Labute approximate surface area is 132 Å². The van der Waals surface area contributed by atoms with Gasteiger partial charge in [0.15, 0.2) is 0 Å². The Morgan fingerprint density at radius 1 is 1.09 bits per heavy atom. The van der Waals surface area contributed by atoms with Gasteiger partial charge in [-0.2, -0.15) is 16.3 Å². The van der Waals surface area contributed by atoms with Gasteiger partial charge in [-0.3, -0.25) is 0 Å². The predicted molar refractivity (Wildman–Crippen MR) is 86.1 cm³/mol. The zero-order valence-electron chi connectivity index (χ0n) is 11.9. The summed E-state index contributed by atoms with van der Waals surface area (Å²) < 4.78 is 10.9. The summed E-state index contributed by atoms with van der Waals surface area (Å²) in [5, 5.41) is 8.12. The van der Waals surface area contributed by atoms with Crippen LogP contribution in [-0.4, -0.2) is 36.4 Å². The van der Waals surface area contributed by atoms with Crippen LogP contribution in [0.3, 0.4) is 0 Å². The van der Waals surface area contributed by atoms with E-state index in [-0.39, 0.29) is 0 Å². The predicted octanol–water partition coefficient (Wildman–Crippen LogP) is 3.30. The average molecular weight is 313 g/mol. The summed E-state index contributed by atoms with van der Waals surface area (Å²) in [7, 11) is 0. The number of thiophene rings is 1. The van der Waals surface area contributed by atoms with Crippen molar-refractivity contribution in [3.8, 4) is 22.8 Å². The van der Waals surface area contributed by atoms with E-state index in [4.69, 9.17) is 9.26 Å². The van der Waals surface area contributed by atoms with E-state index < -0.39 is 0 Å². The molecule has 4 rings (SSSR count). The minimum Gasteiger partial charge on any atom is -0.378 e. The number of para-hydroxylation sites is 1. The topological polar surface area (TPSA) is 51.4 Å². The van der Waals surface area contributed by atoms with E-state index in [0.717, 1.165) is 43.1 Å². The van der Waals surface area contributed by atoms with Gasteiger partial charge in [-0.05, 0) is 23.6 Å². The Balaban J connectivity index is 1.70. The minimum absolute atomic E-state index is 0.559. The highest BCUT2D eigenvalue weighted by Crippen LogP contribution is 2.31. The quantitative estimate of drug-likeness (QED) is 0.742.